The number of halogens is 2. The summed E-state index contributed by atoms with van der Waals surface area (Å²) in [6.07, 6.45) is 10.0. The van der Waals surface area contributed by atoms with Gasteiger partial charge < -0.3 is 0 Å². The molecule has 66 heavy (non-hydrogen) atoms. The van der Waals surface area contributed by atoms with Crippen LogP contribution in [0.15, 0.2) is 131 Å². The van der Waals surface area contributed by atoms with E-state index in [1.54, 1.807) is 28.4 Å². The summed E-state index contributed by atoms with van der Waals surface area (Å²) in [6, 6.07) is 38.1. The molecule has 0 fully saturated rings. The second kappa shape index (κ2) is 17.1. The molecule has 0 bridgehead atoms. The van der Waals surface area contributed by atoms with E-state index in [9.17, 15) is 17.0 Å². The molecule has 2 aromatic heterocycles. The molecule has 2 aliphatic carbocycles. The zero-order chi connectivity index (χ0) is 46.1. The summed E-state index contributed by atoms with van der Waals surface area (Å²) in [7, 11) is 25.2. The normalized spacial score (nSPS) is 15.7. The molecule has 10 rings (SSSR count). The Bertz CT molecular complexity index is 3140. The van der Waals surface area contributed by atoms with Gasteiger partial charge in [-0.1, -0.05) is 0 Å². The molecule has 6 aromatic carbocycles. The Morgan fingerprint density at radius 2 is 0.909 bits per heavy atom. The first-order valence-electron chi connectivity index (χ1n) is 22.5. The number of fused-ring (bicyclic) bond motifs is 4. The van der Waals surface area contributed by atoms with Gasteiger partial charge in [0.1, 0.15) is 0 Å². The summed E-state index contributed by atoms with van der Waals surface area (Å²) in [6.45, 7) is 9.08. The maximum atomic E-state index is 9.23. The summed E-state index contributed by atoms with van der Waals surface area (Å²) in [4.78, 5) is 0. The predicted octanol–water partition coefficient (Wildman–Crippen LogP) is 15.8. The third-order valence-electron chi connectivity index (χ3n) is 14.2. The Kier molecular flexibility index (Phi) is 11.6. The molecule has 0 aliphatic heterocycles. The van der Waals surface area contributed by atoms with Crippen LogP contribution in [0.4, 0.5) is 0 Å². The van der Waals surface area contributed by atoms with Gasteiger partial charge in [-0.05, 0) is 0 Å². The van der Waals surface area contributed by atoms with Crippen molar-refractivity contribution in [3.63, 3.8) is 0 Å². The first kappa shape index (κ1) is 44.6. The zero-order valence-corrected chi connectivity index (χ0v) is 43.4. The number of hydrogen-bond acceptors (Lipinski definition) is 6. The number of benzene rings is 6. The average molecular weight is 1010 g/mol. The Morgan fingerprint density at radius 1 is 0.530 bits per heavy atom. The molecule has 0 amide bonds. The first-order chi connectivity index (χ1) is 31.9. The minimum absolute atomic E-state index is 0.382. The first-order valence-corrected chi connectivity index (χ1v) is 37.8. The van der Waals surface area contributed by atoms with Crippen LogP contribution in [-0.2, 0) is 27.9 Å². The van der Waals surface area contributed by atoms with Gasteiger partial charge in [0.05, 0.1) is 0 Å². The van der Waals surface area contributed by atoms with Crippen LogP contribution >= 0.6 is 17.0 Å². The van der Waals surface area contributed by atoms with E-state index in [0.717, 1.165) is 102 Å². The van der Waals surface area contributed by atoms with Gasteiger partial charge >= 0.3 is 397 Å². The van der Waals surface area contributed by atoms with Crippen molar-refractivity contribution in [1.29, 1.82) is 0 Å². The molecule has 10 heteroatoms. The Balaban J connectivity index is 1.33. The van der Waals surface area contributed by atoms with E-state index in [2.05, 4.69) is 124 Å². The summed E-state index contributed by atoms with van der Waals surface area (Å²) < 4.78 is 36.2. The number of ether oxygens (including phenoxy) is 4. The van der Waals surface area contributed by atoms with Crippen LogP contribution in [0, 0.1) is 0 Å². The number of hydrogen-bond donors (Lipinski definition) is 0. The number of allylic oxidation sites excluding steroid dienone is 2. The molecule has 0 N–H and O–H groups in total. The van der Waals surface area contributed by atoms with E-state index in [0.29, 0.717) is 23.0 Å². The molecule has 0 saturated heterocycles. The van der Waals surface area contributed by atoms with Gasteiger partial charge in [-0.3, -0.25) is 0 Å². The Hall–Kier alpha value is -5.24. The van der Waals surface area contributed by atoms with Crippen LogP contribution in [0.2, 0.25) is 13.1 Å². The minimum atomic E-state index is -5.72. The van der Waals surface area contributed by atoms with Gasteiger partial charge in [-0.25, -0.2) is 0 Å². The monoisotopic (exact) mass is 1010 g/mol. The Morgan fingerprint density at radius 3 is 1.26 bits per heavy atom. The molecule has 0 spiro atoms. The summed E-state index contributed by atoms with van der Waals surface area (Å²) in [5.41, 5.74) is 11.4. The molecule has 8 aromatic rings. The van der Waals surface area contributed by atoms with E-state index in [1.807, 2.05) is 36.8 Å². The Labute approximate surface area is 394 Å². The van der Waals surface area contributed by atoms with E-state index in [-0.39, 0.29) is 7.25 Å². The van der Waals surface area contributed by atoms with Crippen molar-refractivity contribution < 1.29 is 42.8 Å². The van der Waals surface area contributed by atoms with Gasteiger partial charge in [0.15, 0.2) is 0 Å². The van der Waals surface area contributed by atoms with E-state index in [4.69, 9.17) is 27.8 Å². The summed E-state index contributed by atoms with van der Waals surface area (Å²) >= 11 is -5.72. The van der Waals surface area contributed by atoms with Crippen molar-refractivity contribution in [2.24, 2.45) is 0 Å². The summed E-state index contributed by atoms with van der Waals surface area (Å²) in [5.74, 6) is 4.44. The number of rotatable bonds is 12. The van der Waals surface area contributed by atoms with Gasteiger partial charge in [0.25, 0.3) is 0 Å². The van der Waals surface area contributed by atoms with Crippen LogP contribution in [0.3, 0.4) is 0 Å². The van der Waals surface area contributed by atoms with E-state index < -0.39 is 20.4 Å². The van der Waals surface area contributed by atoms with Crippen molar-refractivity contribution >= 4 is 67.3 Å². The van der Waals surface area contributed by atoms with Gasteiger partial charge in [0, 0.05) is 0 Å². The quantitative estimate of drug-likeness (QED) is 0.114. The van der Waals surface area contributed by atoms with Crippen LogP contribution in [-0.4, -0.2) is 33.9 Å². The predicted molar refractivity (Wildman–Crippen MR) is 272 cm³/mol. The number of methoxy groups -OCH3 is 4. The molecule has 334 valence electrons. The molecule has 2 atom stereocenters. The molecule has 2 aliphatic rings. The van der Waals surface area contributed by atoms with E-state index in [1.165, 1.54) is 11.1 Å². The fourth-order valence-electron chi connectivity index (χ4n) is 10.9. The third kappa shape index (κ3) is 6.88. The van der Waals surface area contributed by atoms with Gasteiger partial charge in [-0.15, -0.1) is 0 Å². The molecule has 6 nitrogen and oxygen atoms in total. The van der Waals surface area contributed by atoms with Crippen LogP contribution in [0.5, 0.6) is 23.0 Å². The summed E-state index contributed by atoms with van der Waals surface area (Å²) in [5, 5.41) is 4.09. The topological polar surface area (TPSA) is 63.2 Å². The number of aryl methyl sites for hydroxylation is 2. The van der Waals surface area contributed by atoms with Crippen LogP contribution < -0.4 is 18.9 Å². The van der Waals surface area contributed by atoms with Crippen LogP contribution in [0.1, 0.15) is 66.0 Å². The van der Waals surface area contributed by atoms with Crippen molar-refractivity contribution in [2.75, 3.05) is 28.4 Å². The third-order valence-corrected chi connectivity index (χ3v) is 60.4. The van der Waals surface area contributed by atoms with Gasteiger partial charge in [-0.2, -0.15) is 0 Å². The SMILES string of the molecule is CCc1ccc2c(c1-c1cc(OC)cc(OC)c1)C=C(c1occ3ccccc13)[CH]2[Zr]([Cl])([Cl])([CH]1C(c2occ3ccccc23)=Cc2c1ccc(CC)c2-c1cc(OC)cc(OC)c1)=[Si](C)C. The molecular weight excluding hydrogens is 959 g/mol. The van der Waals surface area contributed by atoms with E-state index >= 15 is 0 Å². The number of furan rings is 2. The second-order valence-electron chi connectivity index (χ2n) is 17.6. The molecule has 2 heterocycles. The zero-order valence-electron chi connectivity index (χ0n) is 38.5. The molecular formula is C56H52Cl2O6SiZr. The van der Waals surface area contributed by atoms with Gasteiger partial charge in [0.2, 0.25) is 0 Å². The van der Waals surface area contributed by atoms with Crippen molar-refractivity contribution in [1.82, 2.24) is 0 Å². The average Bonchev–Trinajstić information content (AvgIpc) is 4.16. The maximum absolute atomic E-state index is 9.23. The van der Waals surface area contributed by atoms with Crippen molar-refractivity contribution in [3.05, 3.63) is 167 Å². The van der Waals surface area contributed by atoms with Crippen molar-refractivity contribution in [3.8, 4) is 45.3 Å². The molecule has 0 saturated carbocycles. The second-order valence-corrected chi connectivity index (χ2v) is 56.4. The fourth-order valence-corrected chi connectivity index (χ4v) is 38.5. The van der Waals surface area contributed by atoms with Crippen molar-refractivity contribution in [2.45, 2.75) is 47.0 Å². The standard InChI is InChI=1S/2C27H23O3.C2H6Si.2ClH.Zr/c2*1-4-17-9-10-18-11-21(27-24-8-6-5-7-19(24)16-30-27)14-25(18)26(17)20-12-22(28-2)15-23(13-20)29-3;1-3-2;;;/h2*5-16H,4H2,1-3H3;1-2H3;2*1H;/q;;;;;+2/p-2. The van der Waals surface area contributed by atoms with Crippen LogP contribution in [0.25, 0.3) is 67.1 Å². The molecule has 0 radical (unpaired) electrons. The molecule has 2 unspecified atom stereocenters. The fraction of sp³-hybridized carbons (Fsp3) is 0.214.